The van der Waals surface area contributed by atoms with Gasteiger partial charge in [-0.05, 0) is 52.9 Å². The smallest absolute Gasteiger partial charge is 0.0597 e. The summed E-state index contributed by atoms with van der Waals surface area (Å²) >= 11 is 0. The van der Waals surface area contributed by atoms with Crippen LogP contribution in [-0.4, -0.2) is 40.9 Å². The van der Waals surface area contributed by atoms with Gasteiger partial charge in [-0.1, -0.05) is 0 Å². The van der Waals surface area contributed by atoms with E-state index in [2.05, 4.69) is 47.0 Å². The molecule has 17 heavy (non-hydrogen) atoms. The molecule has 0 radical (unpaired) electrons. The number of piperidine rings is 1. The Morgan fingerprint density at radius 2 is 2.12 bits per heavy atom. The molecule has 0 aliphatic carbocycles. The fraction of sp³-hybridized carbons (Fsp3) is 0.769. The van der Waals surface area contributed by atoms with Crippen molar-refractivity contribution < 1.29 is 0 Å². The van der Waals surface area contributed by atoms with Gasteiger partial charge in [0.05, 0.1) is 11.4 Å². The number of aromatic nitrogens is 2. The molecule has 1 aliphatic heterocycles. The Balaban J connectivity index is 1.85. The first-order valence-corrected chi connectivity index (χ1v) is 6.64. The van der Waals surface area contributed by atoms with E-state index in [0.717, 1.165) is 18.8 Å². The van der Waals surface area contributed by atoms with Gasteiger partial charge in [-0.15, -0.1) is 0 Å². The summed E-state index contributed by atoms with van der Waals surface area (Å²) in [6.07, 6.45) is 2.52. The van der Waals surface area contributed by atoms with Gasteiger partial charge in [-0.3, -0.25) is 4.68 Å². The largest absolute Gasteiger partial charge is 0.308 e. The minimum atomic E-state index is 0.673. The lowest BCUT2D eigenvalue weighted by atomic mass is 10.1. The zero-order chi connectivity index (χ0) is 12.3. The minimum absolute atomic E-state index is 0.673. The monoisotopic (exact) mass is 236 g/mol. The normalized spacial score (nSPS) is 18.8. The zero-order valence-electron chi connectivity index (χ0n) is 11.2. The maximum atomic E-state index is 4.47. The van der Waals surface area contributed by atoms with E-state index < -0.39 is 0 Å². The summed E-state index contributed by atoms with van der Waals surface area (Å²) in [6, 6.07) is 2.86. The number of rotatable bonds is 4. The lowest BCUT2D eigenvalue weighted by Gasteiger charge is -2.29. The van der Waals surface area contributed by atoms with Gasteiger partial charge in [0.1, 0.15) is 0 Å². The second kappa shape index (κ2) is 5.65. The van der Waals surface area contributed by atoms with E-state index in [1.165, 1.54) is 31.6 Å². The van der Waals surface area contributed by atoms with E-state index in [9.17, 15) is 0 Å². The van der Waals surface area contributed by atoms with Crippen LogP contribution < -0.4 is 5.32 Å². The van der Waals surface area contributed by atoms with E-state index in [4.69, 9.17) is 0 Å². The highest BCUT2D eigenvalue weighted by Crippen LogP contribution is 2.10. The lowest BCUT2D eigenvalue weighted by molar-refractivity contribution is 0.233. The summed E-state index contributed by atoms with van der Waals surface area (Å²) < 4.78 is 2.09. The summed E-state index contributed by atoms with van der Waals surface area (Å²) in [7, 11) is 2.20. The number of aryl methyl sites for hydroxylation is 2. The molecule has 0 aromatic carbocycles. The molecule has 4 heteroatoms. The maximum absolute atomic E-state index is 4.47. The topological polar surface area (TPSA) is 33.1 Å². The molecular formula is C13H24N4. The molecule has 1 N–H and O–H groups in total. The van der Waals surface area contributed by atoms with Crippen LogP contribution in [0.1, 0.15) is 31.2 Å². The fourth-order valence-electron chi connectivity index (χ4n) is 2.48. The first-order valence-electron chi connectivity index (χ1n) is 6.64. The van der Waals surface area contributed by atoms with Crippen molar-refractivity contribution in [3.63, 3.8) is 0 Å². The van der Waals surface area contributed by atoms with Gasteiger partial charge in [-0.25, -0.2) is 0 Å². The maximum Gasteiger partial charge on any atom is 0.0597 e. The molecule has 1 aromatic rings. The van der Waals surface area contributed by atoms with Gasteiger partial charge < -0.3 is 10.2 Å². The lowest BCUT2D eigenvalue weighted by Crippen LogP contribution is -2.40. The minimum Gasteiger partial charge on any atom is -0.308 e. The Kier molecular flexibility index (Phi) is 4.18. The van der Waals surface area contributed by atoms with Crippen molar-refractivity contribution in [2.75, 3.05) is 20.1 Å². The summed E-state index contributed by atoms with van der Waals surface area (Å²) in [4.78, 5) is 2.40. The van der Waals surface area contributed by atoms with E-state index in [1.54, 1.807) is 0 Å². The van der Waals surface area contributed by atoms with Gasteiger partial charge in [0.2, 0.25) is 0 Å². The van der Waals surface area contributed by atoms with Gasteiger partial charge in [0.15, 0.2) is 0 Å². The van der Waals surface area contributed by atoms with Crippen LogP contribution in [-0.2, 0) is 13.1 Å². The van der Waals surface area contributed by atoms with E-state index >= 15 is 0 Å². The van der Waals surface area contributed by atoms with E-state index in [0.29, 0.717) is 6.04 Å². The fourth-order valence-corrected chi connectivity index (χ4v) is 2.48. The average Bonchev–Trinajstić information content (AvgIpc) is 2.69. The molecule has 2 heterocycles. The molecule has 1 fully saturated rings. The SMILES string of the molecule is CCn1nc(C)cc1CNC1CCN(C)CC1. The van der Waals surface area contributed by atoms with Crippen LogP contribution in [0.4, 0.5) is 0 Å². The highest BCUT2D eigenvalue weighted by molar-refractivity contribution is 5.08. The molecule has 0 saturated carbocycles. The molecule has 1 aliphatic rings. The second-order valence-electron chi connectivity index (χ2n) is 5.05. The Bertz CT molecular complexity index is 350. The van der Waals surface area contributed by atoms with Crippen LogP contribution >= 0.6 is 0 Å². The van der Waals surface area contributed by atoms with Gasteiger partial charge >= 0.3 is 0 Å². The van der Waals surface area contributed by atoms with Crippen LogP contribution in [0.5, 0.6) is 0 Å². The predicted octanol–water partition coefficient (Wildman–Crippen LogP) is 1.40. The van der Waals surface area contributed by atoms with Crippen molar-refractivity contribution in [1.82, 2.24) is 20.0 Å². The summed E-state index contributed by atoms with van der Waals surface area (Å²) in [5.74, 6) is 0. The summed E-state index contributed by atoms with van der Waals surface area (Å²) in [6.45, 7) is 8.53. The van der Waals surface area contributed by atoms with Gasteiger partial charge in [-0.2, -0.15) is 5.10 Å². The third-order valence-corrected chi connectivity index (χ3v) is 3.58. The molecule has 4 nitrogen and oxygen atoms in total. The molecule has 2 rings (SSSR count). The molecule has 1 saturated heterocycles. The third kappa shape index (κ3) is 3.30. The van der Waals surface area contributed by atoms with Crippen molar-refractivity contribution in [2.45, 2.75) is 45.8 Å². The van der Waals surface area contributed by atoms with Crippen LogP contribution in [0.25, 0.3) is 0 Å². The van der Waals surface area contributed by atoms with E-state index in [1.807, 2.05) is 0 Å². The van der Waals surface area contributed by atoms with Crippen molar-refractivity contribution in [1.29, 1.82) is 0 Å². The number of likely N-dealkylation sites (tertiary alicyclic amines) is 1. The molecule has 0 amide bonds. The summed E-state index contributed by atoms with van der Waals surface area (Å²) in [5, 5.41) is 8.13. The standard InChI is InChI=1S/C13H24N4/c1-4-17-13(9-11(2)15-17)10-14-12-5-7-16(3)8-6-12/h9,12,14H,4-8,10H2,1-3H3. The predicted molar refractivity (Wildman–Crippen MR) is 70.0 cm³/mol. The van der Waals surface area contributed by atoms with Gasteiger partial charge in [0, 0.05) is 19.1 Å². The van der Waals surface area contributed by atoms with Crippen LogP contribution in [0, 0.1) is 6.92 Å². The second-order valence-corrected chi connectivity index (χ2v) is 5.05. The van der Waals surface area contributed by atoms with E-state index in [-0.39, 0.29) is 0 Å². The molecule has 96 valence electrons. The van der Waals surface area contributed by atoms with Gasteiger partial charge in [0.25, 0.3) is 0 Å². The van der Waals surface area contributed by atoms with Crippen LogP contribution in [0.3, 0.4) is 0 Å². The van der Waals surface area contributed by atoms with Crippen LogP contribution in [0.15, 0.2) is 6.07 Å². The molecule has 0 unspecified atom stereocenters. The molecule has 0 atom stereocenters. The molecule has 1 aromatic heterocycles. The molecular weight excluding hydrogens is 212 g/mol. The third-order valence-electron chi connectivity index (χ3n) is 3.58. The highest BCUT2D eigenvalue weighted by Gasteiger charge is 2.16. The Labute approximate surface area is 104 Å². The Morgan fingerprint density at radius 3 is 2.76 bits per heavy atom. The number of nitrogens with one attached hydrogen (secondary N) is 1. The first-order chi connectivity index (χ1) is 8.19. The average molecular weight is 236 g/mol. The number of nitrogens with zero attached hydrogens (tertiary/aromatic N) is 3. The summed E-state index contributed by atoms with van der Waals surface area (Å²) in [5.41, 5.74) is 2.43. The van der Waals surface area contributed by atoms with Crippen molar-refractivity contribution in [3.05, 3.63) is 17.5 Å². The molecule has 0 bridgehead atoms. The van der Waals surface area contributed by atoms with Crippen molar-refractivity contribution in [2.24, 2.45) is 0 Å². The number of hydrogen-bond donors (Lipinski definition) is 1. The zero-order valence-corrected chi connectivity index (χ0v) is 11.2. The van der Waals surface area contributed by atoms with Crippen molar-refractivity contribution in [3.8, 4) is 0 Å². The Morgan fingerprint density at radius 1 is 1.41 bits per heavy atom. The quantitative estimate of drug-likeness (QED) is 0.858. The highest BCUT2D eigenvalue weighted by atomic mass is 15.3. The Hall–Kier alpha value is -0.870. The first kappa shape index (κ1) is 12.6. The number of hydrogen-bond acceptors (Lipinski definition) is 3. The van der Waals surface area contributed by atoms with Crippen molar-refractivity contribution >= 4 is 0 Å². The van der Waals surface area contributed by atoms with Crippen LogP contribution in [0.2, 0.25) is 0 Å². The molecule has 0 spiro atoms.